The Morgan fingerprint density at radius 1 is 0.565 bits per heavy atom. The number of ether oxygens (including phenoxy) is 2. The minimum Gasteiger partial charge on any atom is -0.453 e. The Morgan fingerprint density at radius 3 is 1.13 bits per heavy atom. The molecule has 2 aromatic heterocycles. The summed E-state index contributed by atoms with van der Waals surface area (Å²) < 4.78 is 15.4. The van der Waals surface area contributed by atoms with Crippen molar-refractivity contribution in [2.75, 3.05) is 13.2 Å². The highest BCUT2D eigenvalue weighted by Gasteiger charge is 2.19. The molecule has 0 spiro atoms. The molecule has 0 saturated heterocycles. The van der Waals surface area contributed by atoms with Gasteiger partial charge in [0.15, 0.2) is 11.5 Å². The third-order valence-electron chi connectivity index (χ3n) is 6.89. The van der Waals surface area contributed by atoms with Crippen LogP contribution in [0.25, 0.3) is 0 Å². The van der Waals surface area contributed by atoms with Crippen LogP contribution in [0.5, 0.6) is 23.0 Å². The normalized spacial score (nSPS) is 10.1. The molecule has 2 N–H and O–H groups in total. The first kappa shape index (κ1) is 34.8. The molecule has 2 aromatic carbocycles. The van der Waals surface area contributed by atoms with Gasteiger partial charge in [0, 0.05) is 0 Å². The number of aromatic nitrogens is 4. The monoisotopic (exact) mass is 620 g/mol. The van der Waals surface area contributed by atoms with Crippen molar-refractivity contribution in [1.29, 1.82) is 21.0 Å². The third-order valence-corrected chi connectivity index (χ3v) is 6.89. The first-order valence-electron chi connectivity index (χ1n) is 15.0. The van der Waals surface area contributed by atoms with Crippen LogP contribution in [0.2, 0.25) is 0 Å². The number of nitriles is 4. The molecule has 4 rings (SSSR count). The van der Waals surface area contributed by atoms with E-state index in [2.05, 4.69) is 10.2 Å². The molecule has 0 fully saturated rings. The van der Waals surface area contributed by atoms with E-state index in [9.17, 15) is 0 Å². The summed E-state index contributed by atoms with van der Waals surface area (Å²) in [7, 11) is 0. The fourth-order valence-corrected chi connectivity index (χ4v) is 4.82. The van der Waals surface area contributed by atoms with Crippen molar-refractivity contribution in [1.82, 2.24) is 19.6 Å². The number of rotatable bonds is 12. The number of benzene rings is 2. The van der Waals surface area contributed by atoms with Gasteiger partial charge < -0.3 is 19.7 Å². The third kappa shape index (κ3) is 8.28. The first-order chi connectivity index (χ1) is 22.3. The molecule has 46 heavy (non-hydrogen) atoms. The molecule has 0 radical (unpaired) electrons. The van der Waals surface area contributed by atoms with Crippen molar-refractivity contribution >= 4 is 0 Å². The molecule has 12 nitrogen and oxygen atoms in total. The summed E-state index contributed by atoms with van der Waals surface area (Å²) >= 11 is 0. The van der Waals surface area contributed by atoms with Gasteiger partial charge in [0.25, 0.3) is 0 Å². The molecule has 236 valence electrons. The van der Waals surface area contributed by atoms with Gasteiger partial charge in [-0.05, 0) is 62.1 Å². The van der Waals surface area contributed by atoms with Crippen molar-refractivity contribution in [2.45, 2.75) is 66.5 Å². The molecular weight excluding hydrogens is 584 g/mol. The topological polar surface area (TPSA) is 190 Å². The average molecular weight is 621 g/mol. The maximum absolute atomic E-state index is 9.17. The number of aryl methyl sites for hydroxylation is 2. The van der Waals surface area contributed by atoms with Crippen LogP contribution in [0.4, 0.5) is 0 Å². The molecule has 0 amide bonds. The smallest absolute Gasteiger partial charge is 0.171 e. The zero-order chi connectivity index (χ0) is 33.6. The lowest BCUT2D eigenvalue weighted by molar-refractivity contribution is 0.266. The highest BCUT2D eigenvalue weighted by atomic mass is 16.5. The van der Waals surface area contributed by atoms with Crippen LogP contribution in [0.3, 0.4) is 0 Å². The van der Waals surface area contributed by atoms with Crippen molar-refractivity contribution in [3.63, 3.8) is 0 Å². The number of aliphatic hydroxyl groups excluding tert-OH is 2. The molecule has 0 atom stereocenters. The highest BCUT2D eigenvalue weighted by Crippen LogP contribution is 2.33. The molecule has 2 heterocycles. The van der Waals surface area contributed by atoms with Crippen LogP contribution < -0.4 is 9.47 Å². The molecule has 0 unspecified atom stereocenters. The number of nitrogens with zero attached hydrogens (tertiary/aromatic N) is 8. The van der Waals surface area contributed by atoms with Crippen molar-refractivity contribution in [3.05, 3.63) is 81.4 Å². The highest BCUT2D eigenvalue weighted by molar-refractivity contribution is 5.49. The van der Waals surface area contributed by atoms with Gasteiger partial charge in [-0.1, -0.05) is 27.7 Å². The Balaban J connectivity index is 0.000000250. The van der Waals surface area contributed by atoms with E-state index in [-0.39, 0.29) is 13.2 Å². The standard InChI is InChI=1S/2C17H18N4O2/c2*1-3-15-17(16(4-2)21(20-15)5-6-22)23-14-8-12(10-18)7-13(9-14)11-19/h2*7-9,22H,3-6H2,1-2H3. The van der Waals surface area contributed by atoms with Gasteiger partial charge in [-0.15, -0.1) is 0 Å². The van der Waals surface area contributed by atoms with E-state index in [1.165, 1.54) is 12.1 Å². The molecule has 0 aliphatic rings. The van der Waals surface area contributed by atoms with Crippen molar-refractivity contribution in [3.8, 4) is 47.3 Å². The Labute approximate surface area is 268 Å². The van der Waals surface area contributed by atoms with Crippen molar-refractivity contribution in [2.24, 2.45) is 0 Å². The maximum Gasteiger partial charge on any atom is 0.171 e. The second-order valence-corrected chi connectivity index (χ2v) is 9.90. The minimum absolute atomic E-state index is 0.000226. The van der Waals surface area contributed by atoms with E-state index < -0.39 is 0 Å². The largest absolute Gasteiger partial charge is 0.453 e. The second kappa shape index (κ2) is 17.0. The lowest BCUT2D eigenvalue weighted by Gasteiger charge is -2.09. The van der Waals surface area contributed by atoms with Gasteiger partial charge in [-0.25, -0.2) is 0 Å². The van der Waals surface area contributed by atoms with Crippen LogP contribution in [0, 0.1) is 45.3 Å². The van der Waals surface area contributed by atoms with E-state index in [1.807, 2.05) is 52.0 Å². The molecule has 0 aliphatic heterocycles. The van der Waals surface area contributed by atoms with Gasteiger partial charge in [0.2, 0.25) is 0 Å². The lowest BCUT2D eigenvalue weighted by atomic mass is 10.1. The Bertz CT molecular complexity index is 1630. The van der Waals surface area contributed by atoms with Gasteiger partial charge in [-0.2, -0.15) is 31.2 Å². The van der Waals surface area contributed by atoms with Crippen molar-refractivity contribution < 1.29 is 19.7 Å². The summed E-state index contributed by atoms with van der Waals surface area (Å²) in [5, 5.41) is 63.5. The number of hydrogen-bond donors (Lipinski definition) is 2. The number of aliphatic hydroxyl groups is 2. The quantitative estimate of drug-likeness (QED) is 0.216. The molecule has 0 aliphatic carbocycles. The summed E-state index contributed by atoms with van der Waals surface area (Å²) in [4.78, 5) is 0. The minimum atomic E-state index is -0.000226. The van der Waals surface area contributed by atoms with Gasteiger partial charge in [-0.3, -0.25) is 9.36 Å². The molecular formula is C34H36N8O4. The number of hydrogen-bond acceptors (Lipinski definition) is 10. The predicted molar refractivity (Wildman–Crippen MR) is 168 cm³/mol. The zero-order valence-electron chi connectivity index (χ0n) is 26.4. The maximum atomic E-state index is 9.17. The molecule has 0 saturated carbocycles. The SMILES string of the molecule is CCc1nn(CCO)c(CC)c1Oc1cc(C#N)cc(C#N)c1.CCc1nn(CCO)c(CC)c1Oc1cc(C#N)cc(C#N)c1. The zero-order valence-corrected chi connectivity index (χ0v) is 26.4. The van der Waals surface area contributed by atoms with E-state index in [0.29, 0.717) is 84.0 Å². The van der Waals surface area contributed by atoms with Crippen LogP contribution in [-0.2, 0) is 38.8 Å². The van der Waals surface area contributed by atoms with E-state index in [0.717, 1.165) is 22.8 Å². The van der Waals surface area contributed by atoms with Crippen LogP contribution in [0.1, 0.15) is 72.7 Å². The fraction of sp³-hybridized carbons (Fsp3) is 0.353. The summed E-state index contributed by atoms with van der Waals surface area (Å²) in [5.74, 6) is 2.16. The van der Waals surface area contributed by atoms with Crippen LogP contribution >= 0.6 is 0 Å². The summed E-state index contributed by atoms with van der Waals surface area (Å²) in [6.07, 6.45) is 2.77. The summed E-state index contributed by atoms with van der Waals surface area (Å²) in [5.41, 5.74) is 4.84. The molecule has 0 bridgehead atoms. The van der Waals surface area contributed by atoms with Gasteiger partial charge in [0.1, 0.15) is 22.9 Å². The summed E-state index contributed by atoms with van der Waals surface area (Å²) in [6.45, 7) is 8.74. The van der Waals surface area contributed by atoms with Gasteiger partial charge in [0.05, 0.1) is 84.2 Å². The lowest BCUT2D eigenvalue weighted by Crippen LogP contribution is -2.08. The van der Waals surface area contributed by atoms with E-state index in [1.54, 1.807) is 33.6 Å². The predicted octanol–water partition coefficient (Wildman–Crippen LogP) is 5.07. The first-order valence-corrected chi connectivity index (χ1v) is 15.0. The van der Waals surface area contributed by atoms with Crippen LogP contribution in [0.15, 0.2) is 36.4 Å². The van der Waals surface area contributed by atoms with Gasteiger partial charge >= 0.3 is 0 Å². The van der Waals surface area contributed by atoms with Crippen LogP contribution in [-0.4, -0.2) is 43.0 Å². The average Bonchev–Trinajstić information content (AvgIpc) is 3.60. The van der Waals surface area contributed by atoms with E-state index in [4.69, 9.17) is 40.7 Å². The summed E-state index contributed by atoms with van der Waals surface area (Å²) in [6, 6.07) is 17.5. The fourth-order valence-electron chi connectivity index (χ4n) is 4.82. The molecule has 12 heteroatoms. The Hall–Kier alpha value is -5.66. The van der Waals surface area contributed by atoms with E-state index >= 15 is 0 Å². The molecule has 4 aromatic rings. The second-order valence-electron chi connectivity index (χ2n) is 9.90. The Morgan fingerprint density at radius 2 is 0.891 bits per heavy atom. The Kier molecular flexibility index (Phi) is 12.9.